The van der Waals surface area contributed by atoms with E-state index in [0.29, 0.717) is 25.3 Å². The molecule has 0 aliphatic rings. The number of benzene rings is 2. The Morgan fingerprint density at radius 1 is 1.08 bits per heavy atom. The standard InChI is InChI=1S/C20H23F2NO2/c1-2-16(17-6-4-3-5-7-17)14-23-19(24)13-10-15-8-11-18(12-9-15)25-20(21)22/h3-9,11-12,16,20H,2,10,13-14H2,1H3,(H,23,24). The van der Waals surface area contributed by atoms with E-state index in [0.717, 1.165) is 12.0 Å². The average molecular weight is 347 g/mol. The van der Waals surface area contributed by atoms with Gasteiger partial charge in [0, 0.05) is 18.9 Å². The van der Waals surface area contributed by atoms with Gasteiger partial charge in [-0.1, -0.05) is 49.4 Å². The Kier molecular flexibility index (Phi) is 7.38. The lowest BCUT2D eigenvalue weighted by Gasteiger charge is -2.16. The van der Waals surface area contributed by atoms with Gasteiger partial charge >= 0.3 is 6.61 Å². The van der Waals surface area contributed by atoms with Crippen LogP contribution in [0.5, 0.6) is 5.75 Å². The van der Waals surface area contributed by atoms with Crippen LogP contribution in [0.1, 0.15) is 36.8 Å². The Hall–Kier alpha value is -2.43. The number of alkyl halides is 2. The molecule has 1 amide bonds. The van der Waals surface area contributed by atoms with Crippen molar-refractivity contribution in [3.63, 3.8) is 0 Å². The largest absolute Gasteiger partial charge is 0.435 e. The van der Waals surface area contributed by atoms with E-state index in [2.05, 4.69) is 29.1 Å². The fraction of sp³-hybridized carbons (Fsp3) is 0.350. The highest BCUT2D eigenvalue weighted by molar-refractivity contribution is 5.76. The van der Waals surface area contributed by atoms with E-state index in [9.17, 15) is 13.6 Å². The molecule has 2 aromatic rings. The zero-order valence-corrected chi connectivity index (χ0v) is 14.3. The molecule has 1 unspecified atom stereocenters. The Morgan fingerprint density at radius 2 is 1.76 bits per heavy atom. The fourth-order valence-electron chi connectivity index (χ4n) is 2.64. The maximum absolute atomic E-state index is 12.1. The minimum atomic E-state index is -2.83. The molecule has 0 saturated carbocycles. The topological polar surface area (TPSA) is 38.3 Å². The lowest BCUT2D eigenvalue weighted by Crippen LogP contribution is -2.28. The third-order valence-corrected chi connectivity index (χ3v) is 4.10. The monoisotopic (exact) mass is 347 g/mol. The number of aryl methyl sites for hydroxylation is 1. The van der Waals surface area contributed by atoms with Crippen LogP contribution in [0.2, 0.25) is 0 Å². The second-order valence-corrected chi connectivity index (χ2v) is 5.84. The van der Waals surface area contributed by atoms with E-state index in [1.807, 2.05) is 18.2 Å². The number of rotatable bonds is 9. The van der Waals surface area contributed by atoms with Crippen LogP contribution in [0.15, 0.2) is 54.6 Å². The van der Waals surface area contributed by atoms with Crippen molar-refractivity contribution < 1.29 is 18.3 Å². The van der Waals surface area contributed by atoms with E-state index >= 15 is 0 Å². The van der Waals surface area contributed by atoms with E-state index in [4.69, 9.17) is 0 Å². The molecular formula is C20H23F2NO2. The second kappa shape index (κ2) is 9.77. The molecule has 0 saturated heterocycles. The summed E-state index contributed by atoms with van der Waals surface area (Å²) in [7, 11) is 0. The zero-order chi connectivity index (χ0) is 18.1. The van der Waals surface area contributed by atoms with Gasteiger partial charge in [-0.3, -0.25) is 4.79 Å². The molecule has 1 atom stereocenters. The van der Waals surface area contributed by atoms with Gasteiger partial charge in [-0.25, -0.2) is 0 Å². The highest BCUT2D eigenvalue weighted by Crippen LogP contribution is 2.18. The van der Waals surface area contributed by atoms with Crippen LogP contribution < -0.4 is 10.1 Å². The molecule has 2 aromatic carbocycles. The molecule has 0 bridgehead atoms. The van der Waals surface area contributed by atoms with Crippen LogP contribution in [0.3, 0.4) is 0 Å². The highest BCUT2D eigenvalue weighted by Gasteiger charge is 2.11. The summed E-state index contributed by atoms with van der Waals surface area (Å²) >= 11 is 0. The van der Waals surface area contributed by atoms with E-state index < -0.39 is 6.61 Å². The maximum atomic E-state index is 12.1. The minimum Gasteiger partial charge on any atom is -0.435 e. The molecule has 0 aliphatic heterocycles. The molecule has 0 aromatic heterocycles. The summed E-state index contributed by atoms with van der Waals surface area (Å²) in [5.41, 5.74) is 2.13. The van der Waals surface area contributed by atoms with Crippen molar-refractivity contribution in [3.8, 4) is 5.75 Å². The predicted octanol–water partition coefficient (Wildman–Crippen LogP) is 4.53. The van der Waals surface area contributed by atoms with Crippen molar-refractivity contribution in [2.75, 3.05) is 6.54 Å². The molecular weight excluding hydrogens is 324 g/mol. The van der Waals surface area contributed by atoms with Crippen molar-refractivity contribution in [2.45, 2.75) is 38.7 Å². The Labute approximate surface area is 147 Å². The maximum Gasteiger partial charge on any atom is 0.387 e. The van der Waals surface area contributed by atoms with Gasteiger partial charge in [0.1, 0.15) is 5.75 Å². The number of nitrogens with one attached hydrogen (secondary N) is 1. The van der Waals surface area contributed by atoms with Crippen LogP contribution in [0, 0.1) is 0 Å². The Bertz CT molecular complexity index is 645. The van der Waals surface area contributed by atoms with Gasteiger partial charge in [0.25, 0.3) is 0 Å². The summed E-state index contributed by atoms with van der Waals surface area (Å²) in [6, 6.07) is 16.5. The van der Waals surface area contributed by atoms with Gasteiger partial charge in [0.2, 0.25) is 5.91 Å². The summed E-state index contributed by atoms with van der Waals surface area (Å²) in [5, 5.41) is 2.98. The van der Waals surface area contributed by atoms with Crippen molar-refractivity contribution in [1.29, 1.82) is 0 Å². The van der Waals surface area contributed by atoms with E-state index in [1.165, 1.54) is 17.7 Å². The summed E-state index contributed by atoms with van der Waals surface area (Å²) in [6.07, 6.45) is 1.87. The first-order valence-corrected chi connectivity index (χ1v) is 8.44. The van der Waals surface area contributed by atoms with Gasteiger partial charge in [-0.05, 0) is 36.1 Å². The third-order valence-electron chi connectivity index (χ3n) is 4.10. The Morgan fingerprint density at radius 3 is 2.36 bits per heavy atom. The first-order valence-electron chi connectivity index (χ1n) is 8.44. The van der Waals surface area contributed by atoms with Gasteiger partial charge < -0.3 is 10.1 Å². The third kappa shape index (κ3) is 6.53. The summed E-state index contributed by atoms with van der Waals surface area (Å²) < 4.78 is 28.5. The predicted molar refractivity (Wildman–Crippen MR) is 93.9 cm³/mol. The minimum absolute atomic E-state index is 0.0118. The lowest BCUT2D eigenvalue weighted by atomic mass is 9.96. The van der Waals surface area contributed by atoms with Gasteiger partial charge in [0.15, 0.2) is 0 Å². The van der Waals surface area contributed by atoms with Crippen LogP contribution in [0.25, 0.3) is 0 Å². The zero-order valence-electron chi connectivity index (χ0n) is 14.3. The molecule has 1 N–H and O–H groups in total. The van der Waals surface area contributed by atoms with Crippen molar-refractivity contribution in [1.82, 2.24) is 5.32 Å². The Balaban J connectivity index is 1.76. The van der Waals surface area contributed by atoms with Crippen molar-refractivity contribution >= 4 is 5.91 Å². The van der Waals surface area contributed by atoms with Gasteiger partial charge in [-0.2, -0.15) is 8.78 Å². The van der Waals surface area contributed by atoms with Crippen LogP contribution in [0.4, 0.5) is 8.78 Å². The molecule has 0 aliphatic carbocycles. The SMILES string of the molecule is CCC(CNC(=O)CCc1ccc(OC(F)F)cc1)c1ccccc1. The summed E-state index contributed by atoms with van der Waals surface area (Å²) in [5.74, 6) is 0.412. The van der Waals surface area contributed by atoms with Crippen LogP contribution >= 0.6 is 0 Å². The molecule has 0 heterocycles. The second-order valence-electron chi connectivity index (χ2n) is 5.84. The van der Waals surface area contributed by atoms with Crippen LogP contribution in [-0.4, -0.2) is 19.1 Å². The molecule has 3 nitrogen and oxygen atoms in total. The number of carbonyl (C=O) groups is 1. The molecule has 0 fully saturated rings. The van der Waals surface area contributed by atoms with Gasteiger partial charge in [-0.15, -0.1) is 0 Å². The molecule has 5 heteroatoms. The normalized spacial score (nSPS) is 12.0. The molecule has 0 spiro atoms. The molecule has 134 valence electrons. The van der Waals surface area contributed by atoms with Gasteiger partial charge in [0.05, 0.1) is 0 Å². The quantitative estimate of drug-likeness (QED) is 0.724. The van der Waals surface area contributed by atoms with E-state index in [-0.39, 0.29) is 11.7 Å². The number of hydrogen-bond donors (Lipinski definition) is 1. The average Bonchev–Trinajstić information content (AvgIpc) is 2.62. The number of halogens is 2. The fourth-order valence-corrected chi connectivity index (χ4v) is 2.64. The molecule has 0 radical (unpaired) electrons. The number of carbonyl (C=O) groups excluding carboxylic acids is 1. The van der Waals surface area contributed by atoms with E-state index in [1.54, 1.807) is 12.1 Å². The van der Waals surface area contributed by atoms with Crippen LogP contribution in [-0.2, 0) is 11.2 Å². The van der Waals surface area contributed by atoms with Crippen molar-refractivity contribution in [2.24, 2.45) is 0 Å². The summed E-state index contributed by atoms with van der Waals surface area (Å²) in [6.45, 7) is -0.111. The number of hydrogen-bond acceptors (Lipinski definition) is 2. The number of amides is 1. The molecule has 2 rings (SSSR count). The number of ether oxygens (including phenoxy) is 1. The lowest BCUT2D eigenvalue weighted by molar-refractivity contribution is -0.121. The smallest absolute Gasteiger partial charge is 0.387 e. The first-order chi connectivity index (χ1) is 12.1. The summed E-state index contributed by atoms with van der Waals surface area (Å²) in [4.78, 5) is 12.0. The first kappa shape index (κ1) is 18.9. The molecule has 25 heavy (non-hydrogen) atoms. The van der Waals surface area contributed by atoms with Crippen molar-refractivity contribution in [3.05, 3.63) is 65.7 Å². The highest BCUT2D eigenvalue weighted by atomic mass is 19.3.